The first-order chi connectivity index (χ1) is 3.39. The second kappa shape index (κ2) is 3.41. The van der Waals surface area contributed by atoms with Crippen molar-refractivity contribution in [2.75, 3.05) is 0 Å². The Morgan fingerprint density at radius 3 is 1.75 bits per heavy atom. The van der Waals surface area contributed by atoms with Gasteiger partial charge >= 0.3 is 0 Å². The first-order valence-corrected chi connectivity index (χ1v) is 3.41. The maximum absolute atomic E-state index is 2.15. The number of benzene rings is 1. The molecule has 8 heavy (non-hydrogen) atoms. The van der Waals surface area contributed by atoms with Crippen LogP contribution in [0.5, 0.6) is 0 Å². The van der Waals surface area contributed by atoms with Gasteiger partial charge in [-0.1, -0.05) is 35.5 Å². The fourth-order valence-electron chi connectivity index (χ4n) is 0.534. The van der Waals surface area contributed by atoms with Crippen LogP contribution < -0.4 is 5.19 Å². The summed E-state index contributed by atoms with van der Waals surface area (Å²) >= 11 is 0. The van der Waals surface area contributed by atoms with Gasteiger partial charge in [0.05, 0.1) is 0 Å². The second-order valence-corrected chi connectivity index (χ2v) is 2.81. The molecule has 0 aliphatic heterocycles. The maximum Gasteiger partial charge on any atom is 0.0384 e. The van der Waals surface area contributed by atoms with E-state index in [1.807, 2.05) is 6.07 Å². The minimum atomic E-state index is 0. The van der Waals surface area contributed by atoms with Crippen LogP contribution in [-0.4, -0.2) is 10.2 Å². The Labute approximate surface area is 52.1 Å². The van der Waals surface area contributed by atoms with E-state index in [1.54, 1.807) is 0 Å². The first-order valence-electron chi connectivity index (χ1n) is 2.41. The van der Waals surface area contributed by atoms with Gasteiger partial charge in [0.15, 0.2) is 0 Å². The van der Waals surface area contributed by atoms with Gasteiger partial charge in [0, 0.05) is 15.7 Å². The molecule has 2 radical (unpaired) electrons. The molecule has 0 aliphatic rings. The summed E-state index contributed by atoms with van der Waals surface area (Å²) in [6.45, 7) is 0. The van der Waals surface area contributed by atoms with Crippen molar-refractivity contribution >= 4 is 15.4 Å². The standard InChI is InChI=1S/C6H8Si.O/c7-6-4-2-1-3-5-6;/h1-5H,7H3;. The van der Waals surface area contributed by atoms with E-state index < -0.39 is 0 Å². The van der Waals surface area contributed by atoms with Gasteiger partial charge in [-0.05, 0) is 0 Å². The lowest BCUT2D eigenvalue weighted by Gasteiger charge is -1.82. The molecule has 0 fully saturated rings. The van der Waals surface area contributed by atoms with E-state index in [1.165, 1.54) is 15.4 Å². The molecule has 0 heterocycles. The van der Waals surface area contributed by atoms with Gasteiger partial charge in [0.1, 0.15) is 0 Å². The molecule has 0 aliphatic carbocycles. The summed E-state index contributed by atoms with van der Waals surface area (Å²) in [6, 6.07) is 10.5. The van der Waals surface area contributed by atoms with Crippen LogP contribution in [0.15, 0.2) is 30.3 Å². The van der Waals surface area contributed by atoms with E-state index in [-0.39, 0.29) is 5.48 Å². The Hall–Kier alpha value is -0.603. The summed E-state index contributed by atoms with van der Waals surface area (Å²) in [5.74, 6) is 0. The minimum Gasteiger partial charge on any atom is -0.0708 e. The van der Waals surface area contributed by atoms with Crippen molar-refractivity contribution < 1.29 is 5.48 Å². The Kier molecular flexibility index (Phi) is 3.15. The third-order valence-electron chi connectivity index (χ3n) is 0.940. The van der Waals surface area contributed by atoms with Crippen molar-refractivity contribution in [3.05, 3.63) is 30.3 Å². The third-order valence-corrected chi connectivity index (χ3v) is 1.61. The van der Waals surface area contributed by atoms with Crippen LogP contribution in [0.25, 0.3) is 0 Å². The molecule has 0 N–H and O–H groups in total. The fourth-order valence-corrected chi connectivity index (χ4v) is 0.919. The first kappa shape index (κ1) is 7.40. The lowest BCUT2D eigenvalue weighted by atomic mass is 10.4. The van der Waals surface area contributed by atoms with Gasteiger partial charge in [-0.15, -0.1) is 0 Å². The van der Waals surface area contributed by atoms with Gasteiger partial charge in [-0.2, -0.15) is 0 Å². The number of hydrogen-bond donors (Lipinski definition) is 0. The van der Waals surface area contributed by atoms with Crippen LogP contribution >= 0.6 is 0 Å². The number of rotatable bonds is 0. The zero-order chi connectivity index (χ0) is 5.11. The Balaban J connectivity index is 0.000000490. The molecule has 0 atom stereocenters. The highest BCUT2D eigenvalue weighted by Crippen LogP contribution is 1.76. The maximum atomic E-state index is 2.15. The molecule has 1 rings (SSSR count). The van der Waals surface area contributed by atoms with E-state index in [9.17, 15) is 0 Å². The summed E-state index contributed by atoms with van der Waals surface area (Å²) in [6.07, 6.45) is 0. The summed E-state index contributed by atoms with van der Waals surface area (Å²) in [5, 5.41) is 1.46. The minimum absolute atomic E-state index is 0. The van der Waals surface area contributed by atoms with Gasteiger partial charge in [-0.3, -0.25) is 0 Å². The average molecular weight is 124 g/mol. The van der Waals surface area contributed by atoms with Crippen LogP contribution in [0.2, 0.25) is 0 Å². The van der Waals surface area contributed by atoms with E-state index in [2.05, 4.69) is 24.3 Å². The summed E-state index contributed by atoms with van der Waals surface area (Å²) in [5.41, 5.74) is 0. The van der Waals surface area contributed by atoms with Crippen LogP contribution in [0.3, 0.4) is 0 Å². The van der Waals surface area contributed by atoms with Crippen LogP contribution in [0, 0.1) is 0 Å². The lowest BCUT2D eigenvalue weighted by Crippen LogP contribution is -1.97. The summed E-state index contributed by atoms with van der Waals surface area (Å²) < 4.78 is 0. The Morgan fingerprint density at radius 1 is 1.00 bits per heavy atom. The van der Waals surface area contributed by atoms with Crippen molar-refractivity contribution in [2.45, 2.75) is 0 Å². The quantitative estimate of drug-likeness (QED) is 0.419. The zero-order valence-electron chi connectivity index (χ0n) is 4.79. The SMILES string of the molecule is [O].[SiH3]c1ccccc1. The third kappa shape index (κ3) is 1.91. The van der Waals surface area contributed by atoms with Gasteiger partial charge in [-0.25, -0.2) is 0 Å². The van der Waals surface area contributed by atoms with E-state index >= 15 is 0 Å². The van der Waals surface area contributed by atoms with Crippen molar-refractivity contribution in [3.63, 3.8) is 0 Å². The van der Waals surface area contributed by atoms with Gasteiger partial charge in [0.2, 0.25) is 0 Å². The molecular weight excluding hydrogens is 116 g/mol. The smallest absolute Gasteiger partial charge is 0.0384 e. The largest absolute Gasteiger partial charge is 0.0708 e. The topological polar surface area (TPSA) is 28.5 Å². The molecule has 0 saturated heterocycles. The summed E-state index contributed by atoms with van der Waals surface area (Å²) in [4.78, 5) is 0. The molecular formula is C6H8OSi. The van der Waals surface area contributed by atoms with E-state index in [0.29, 0.717) is 0 Å². The van der Waals surface area contributed by atoms with Gasteiger partial charge in [0.25, 0.3) is 0 Å². The van der Waals surface area contributed by atoms with E-state index in [0.717, 1.165) is 0 Å². The Morgan fingerprint density at radius 2 is 1.50 bits per heavy atom. The molecule has 0 amide bonds. The fraction of sp³-hybridized carbons (Fsp3) is 0. The molecule has 0 spiro atoms. The molecule has 0 saturated carbocycles. The van der Waals surface area contributed by atoms with Crippen molar-refractivity contribution in [3.8, 4) is 0 Å². The van der Waals surface area contributed by atoms with Crippen LogP contribution in [-0.2, 0) is 5.48 Å². The molecule has 0 unspecified atom stereocenters. The van der Waals surface area contributed by atoms with Crippen LogP contribution in [0.4, 0.5) is 0 Å². The molecule has 1 aromatic carbocycles. The predicted octanol–water partition coefficient (Wildman–Crippen LogP) is -0.442. The normalized spacial score (nSPS) is 8.00. The second-order valence-electron chi connectivity index (χ2n) is 1.65. The molecule has 0 bridgehead atoms. The highest BCUT2D eigenvalue weighted by Gasteiger charge is 1.72. The van der Waals surface area contributed by atoms with Crippen molar-refractivity contribution in [1.29, 1.82) is 0 Å². The highest BCUT2D eigenvalue weighted by molar-refractivity contribution is 6.32. The van der Waals surface area contributed by atoms with Crippen LogP contribution in [0.1, 0.15) is 0 Å². The Bertz CT molecular complexity index is 138. The number of hydrogen-bond acceptors (Lipinski definition) is 0. The van der Waals surface area contributed by atoms with Gasteiger partial charge < -0.3 is 0 Å². The predicted molar refractivity (Wildman–Crippen MR) is 36.7 cm³/mol. The van der Waals surface area contributed by atoms with Crippen molar-refractivity contribution in [2.24, 2.45) is 0 Å². The monoisotopic (exact) mass is 124 g/mol. The van der Waals surface area contributed by atoms with Crippen molar-refractivity contribution in [1.82, 2.24) is 0 Å². The zero-order valence-corrected chi connectivity index (χ0v) is 6.79. The van der Waals surface area contributed by atoms with E-state index in [4.69, 9.17) is 0 Å². The average Bonchev–Trinajstić information content (AvgIpc) is 1.69. The summed E-state index contributed by atoms with van der Waals surface area (Å²) in [7, 11) is 1.17. The molecule has 1 nitrogen and oxygen atoms in total. The molecule has 2 heteroatoms. The molecule has 1 aromatic rings. The lowest BCUT2D eigenvalue weighted by molar-refractivity contribution is 0.686. The molecule has 42 valence electrons. The molecule has 0 aromatic heterocycles. The highest BCUT2D eigenvalue weighted by atomic mass is 28.1.